The van der Waals surface area contributed by atoms with E-state index in [1.54, 1.807) is 12.1 Å². The van der Waals surface area contributed by atoms with Crippen molar-refractivity contribution in [1.82, 2.24) is 4.98 Å². The first-order valence-electron chi connectivity index (χ1n) is 6.13. The third-order valence-corrected chi connectivity index (χ3v) is 2.82. The molecular formula is C15H13FN2O3. The monoisotopic (exact) mass is 288 g/mol. The number of pyridine rings is 1. The highest BCUT2D eigenvalue weighted by molar-refractivity contribution is 6.46. The van der Waals surface area contributed by atoms with Gasteiger partial charge in [0.15, 0.2) is 0 Å². The molecule has 0 saturated carbocycles. The van der Waals surface area contributed by atoms with Crippen molar-refractivity contribution in [3.05, 3.63) is 53.6 Å². The zero-order chi connectivity index (χ0) is 15.4. The summed E-state index contributed by atoms with van der Waals surface area (Å²) in [4.78, 5) is 27.2. The topological polar surface area (TPSA) is 68.3 Å². The normalized spacial score (nSPS) is 10.0. The Bertz CT molecular complexity index is 684. The number of ketones is 1. The van der Waals surface area contributed by atoms with Gasteiger partial charge in [0.1, 0.15) is 11.4 Å². The van der Waals surface area contributed by atoms with Crippen LogP contribution < -0.4 is 10.1 Å². The van der Waals surface area contributed by atoms with Gasteiger partial charge >= 0.3 is 0 Å². The van der Waals surface area contributed by atoms with E-state index in [1.807, 2.05) is 6.92 Å². The molecule has 0 saturated heterocycles. The molecule has 0 aliphatic heterocycles. The number of anilines is 1. The number of Topliss-reactive ketones (excluding diaryl/α,β-unsaturated/α-hetero) is 1. The average Bonchev–Trinajstić information content (AvgIpc) is 2.49. The summed E-state index contributed by atoms with van der Waals surface area (Å²) in [5.41, 5.74) is 0.990. The lowest BCUT2D eigenvalue weighted by Gasteiger charge is -2.07. The molecule has 0 unspecified atom stereocenters. The summed E-state index contributed by atoms with van der Waals surface area (Å²) in [6.45, 7) is 1.87. The Hall–Kier alpha value is -2.76. The number of carbonyl (C=O) groups excluding carboxylic acids is 2. The van der Waals surface area contributed by atoms with E-state index >= 15 is 0 Å². The number of carbonyl (C=O) groups is 2. The van der Waals surface area contributed by atoms with Gasteiger partial charge in [-0.2, -0.15) is 4.39 Å². The highest BCUT2D eigenvalue weighted by Gasteiger charge is 2.18. The average molecular weight is 288 g/mol. The fraction of sp³-hybridized carbons (Fsp3) is 0.133. The molecule has 0 atom stereocenters. The number of aromatic nitrogens is 1. The maximum atomic E-state index is 13.5. The Balaban J connectivity index is 2.17. The van der Waals surface area contributed by atoms with Gasteiger partial charge in [-0.15, -0.1) is 0 Å². The van der Waals surface area contributed by atoms with Gasteiger partial charge < -0.3 is 10.1 Å². The first-order valence-corrected chi connectivity index (χ1v) is 6.13. The summed E-state index contributed by atoms with van der Waals surface area (Å²) in [6, 6.07) is 7.76. The Morgan fingerprint density at radius 2 is 1.90 bits per heavy atom. The first kappa shape index (κ1) is 14.6. The van der Waals surface area contributed by atoms with E-state index in [0.29, 0.717) is 0 Å². The van der Waals surface area contributed by atoms with Crippen molar-refractivity contribution in [3.8, 4) is 5.75 Å². The second-order valence-electron chi connectivity index (χ2n) is 4.36. The van der Waals surface area contributed by atoms with Gasteiger partial charge in [-0.05, 0) is 6.92 Å². The Morgan fingerprint density at radius 1 is 1.24 bits per heavy atom. The van der Waals surface area contributed by atoms with Gasteiger partial charge in [-0.25, -0.2) is 4.98 Å². The molecule has 1 amide bonds. The third kappa shape index (κ3) is 3.42. The highest BCUT2D eigenvalue weighted by atomic mass is 19.1. The summed E-state index contributed by atoms with van der Waals surface area (Å²) in [7, 11) is 1.39. The van der Waals surface area contributed by atoms with Gasteiger partial charge in [0, 0.05) is 11.6 Å². The third-order valence-electron chi connectivity index (χ3n) is 2.82. The zero-order valence-corrected chi connectivity index (χ0v) is 11.5. The molecule has 0 fully saturated rings. The molecule has 2 rings (SSSR count). The van der Waals surface area contributed by atoms with E-state index in [2.05, 4.69) is 10.3 Å². The maximum Gasteiger partial charge on any atom is 0.296 e. The van der Waals surface area contributed by atoms with Gasteiger partial charge in [0.2, 0.25) is 5.95 Å². The lowest BCUT2D eigenvalue weighted by atomic mass is 10.1. The molecule has 108 valence electrons. The number of nitrogens with one attached hydrogen (secondary N) is 1. The molecule has 0 bridgehead atoms. The predicted molar refractivity (Wildman–Crippen MR) is 74.9 cm³/mol. The second kappa shape index (κ2) is 6.13. The highest BCUT2D eigenvalue weighted by Crippen LogP contribution is 2.18. The van der Waals surface area contributed by atoms with Crippen LogP contribution in [0.5, 0.6) is 5.75 Å². The van der Waals surface area contributed by atoms with Crippen molar-refractivity contribution in [1.29, 1.82) is 0 Å². The molecule has 2 aromatic rings. The molecule has 0 aliphatic carbocycles. The number of aryl methyl sites for hydroxylation is 1. The van der Waals surface area contributed by atoms with Gasteiger partial charge in [0.25, 0.3) is 11.7 Å². The van der Waals surface area contributed by atoms with Gasteiger partial charge in [-0.3, -0.25) is 9.59 Å². The smallest absolute Gasteiger partial charge is 0.296 e. The standard InChI is InChI=1S/C15H13FN2O3/c1-9-3-5-10(6-4-9)13(19)15(20)18-12-7-11(21-2)8-17-14(12)16/h3-8H,1-2H3,(H,18,20). The van der Waals surface area contributed by atoms with E-state index < -0.39 is 17.6 Å². The van der Waals surface area contributed by atoms with E-state index in [1.165, 1.54) is 31.5 Å². The SMILES string of the molecule is COc1cnc(F)c(NC(=O)C(=O)c2ccc(C)cc2)c1. The van der Waals surface area contributed by atoms with Crippen LogP contribution in [0.4, 0.5) is 10.1 Å². The van der Waals surface area contributed by atoms with Crippen molar-refractivity contribution < 1.29 is 18.7 Å². The van der Waals surface area contributed by atoms with Crippen LogP contribution in [-0.4, -0.2) is 23.8 Å². The number of halogens is 1. The minimum absolute atomic E-state index is 0.209. The quantitative estimate of drug-likeness (QED) is 0.533. The predicted octanol–water partition coefficient (Wildman–Crippen LogP) is 2.36. The van der Waals surface area contributed by atoms with E-state index in [0.717, 1.165) is 5.56 Å². The molecule has 1 N–H and O–H groups in total. The molecule has 1 aromatic carbocycles. The number of methoxy groups -OCH3 is 1. The van der Waals surface area contributed by atoms with E-state index in [4.69, 9.17) is 4.74 Å². The molecular weight excluding hydrogens is 275 g/mol. The largest absolute Gasteiger partial charge is 0.495 e. The number of rotatable bonds is 4. The van der Waals surface area contributed by atoms with Crippen molar-refractivity contribution in [3.63, 3.8) is 0 Å². The summed E-state index contributed by atoms with van der Waals surface area (Å²) in [5.74, 6) is -2.31. The number of nitrogens with zero attached hydrogens (tertiary/aromatic N) is 1. The fourth-order valence-corrected chi connectivity index (χ4v) is 1.64. The van der Waals surface area contributed by atoms with Crippen molar-refractivity contribution in [2.24, 2.45) is 0 Å². The molecule has 5 nitrogen and oxygen atoms in total. The molecule has 1 aromatic heterocycles. The van der Waals surface area contributed by atoms with Crippen molar-refractivity contribution in [2.75, 3.05) is 12.4 Å². The van der Waals surface area contributed by atoms with Gasteiger partial charge in [0.05, 0.1) is 13.3 Å². The minimum Gasteiger partial charge on any atom is -0.495 e. The molecule has 21 heavy (non-hydrogen) atoms. The van der Waals surface area contributed by atoms with Crippen molar-refractivity contribution in [2.45, 2.75) is 6.92 Å². The summed E-state index contributed by atoms with van der Waals surface area (Å²) >= 11 is 0. The Morgan fingerprint density at radius 3 is 2.52 bits per heavy atom. The van der Waals surface area contributed by atoms with E-state index in [-0.39, 0.29) is 17.0 Å². The fourth-order valence-electron chi connectivity index (χ4n) is 1.64. The van der Waals surface area contributed by atoms with Crippen LogP contribution in [0, 0.1) is 12.9 Å². The summed E-state index contributed by atoms with van der Waals surface area (Å²) in [6.07, 6.45) is 1.17. The van der Waals surface area contributed by atoms with E-state index in [9.17, 15) is 14.0 Å². The lowest BCUT2D eigenvalue weighted by molar-refractivity contribution is -0.112. The van der Waals surface area contributed by atoms with Crippen LogP contribution >= 0.6 is 0 Å². The lowest BCUT2D eigenvalue weighted by Crippen LogP contribution is -2.23. The summed E-state index contributed by atoms with van der Waals surface area (Å²) in [5, 5.41) is 2.19. The second-order valence-corrected chi connectivity index (χ2v) is 4.36. The molecule has 6 heteroatoms. The summed E-state index contributed by atoms with van der Waals surface area (Å²) < 4.78 is 18.4. The molecule has 0 radical (unpaired) electrons. The zero-order valence-electron chi connectivity index (χ0n) is 11.5. The Kier molecular flexibility index (Phi) is 4.27. The number of amides is 1. The van der Waals surface area contributed by atoms with Gasteiger partial charge in [-0.1, -0.05) is 29.8 Å². The number of hydrogen-bond donors (Lipinski definition) is 1. The molecule has 0 aliphatic rings. The Labute approximate surface area is 120 Å². The van der Waals surface area contributed by atoms with Crippen LogP contribution in [0.2, 0.25) is 0 Å². The number of ether oxygens (including phenoxy) is 1. The van der Waals surface area contributed by atoms with Crippen molar-refractivity contribution >= 4 is 17.4 Å². The van der Waals surface area contributed by atoms with Crippen LogP contribution in [0.25, 0.3) is 0 Å². The first-order chi connectivity index (χ1) is 10.0. The maximum absolute atomic E-state index is 13.5. The number of hydrogen-bond acceptors (Lipinski definition) is 4. The minimum atomic E-state index is -0.937. The van der Waals surface area contributed by atoms with Crippen LogP contribution in [0.1, 0.15) is 15.9 Å². The number of benzene rings is 1. The van der Waals surface area contributed by atoms with Crippen LogP contribution in [0.3, 0.4) is 0 Å². The molecule has 0 spiro atoms. The molecule has 1 heterocycles. The van der Waals surface area contributed by atoms with Crippen LogP contribution in [-0.2, 0) is 4.79 Å². The van der Waals surface area contributed by atoms with Crippen LogP contribution in [0.15, 0.2) is 36.5 Å².